The molecule has 0 aliphatic carbocycles. The molecule has 17 heavy (non-hydrogen) atoms. The zero-order chi connectivity index (χ0) is 12.3. The molecule has 0 bridgehead atoms. The molecule has 1 amide bonds. The van der Waals surface area contributed by atoms with Crippen LogP contribution in [0.1, 0.15) is 30.9 Å². The Kier molecular flexibility index (Phi) is 3.79. The van der Waals surface area contributed by atoms with Crippen LogP contribution in [0.2, 0.25) is 0 Å². The van der Waals surface area contributed by atoms with Crippen LogP contribution in [0, 0.1) is 0 Å². The first kappa shape index (κ1) is 12.1. The van der Waals surface area contributed by atoms with Crippen LogP contribution < -0.4 is 0 Å². The molecule has 92 valence electrons. The lowest BCUT2D eigenvalue weighted by Crippen LogP contribution is -2.34. The number of amides is 1. The Labute approximate surface area is 102 Å². The van der Waals surface area contributed by atoms with E-state index in [1.165, 1.54) is 5.56 Å². The smallest absolute Gasteiger partial charge is 0.223 e. The van der Waals surface area contributed by atoms with Gasteiger partial charge in [0.25, 0.3) is 0 Å². The molecule has 0 saturated carbocycles. The fourth-order valence-corrected chi connectivity index (χ4v) is 2.28. The van der Waals surface area contributed by atoms with E-state index in [1.54, 1.807) is 4.90 Å². The van der Waals surface area contributed by atoms with Gasteiger partial charge in [0.15, 0.2) is 0 Å². The first-order chi connectivity index (χ1) is 8.24. The van der Waals surface area contributed by atoms with E-state index < -0.39 is 0 Å². The average Bonchev–Trinajstić information content (AvgIpc) is 2.71. The van der Waals surface area contributed by atoms with Gasteiger partial charge in [0.1, 0.15) is 0 Å². The molecule has 2 rings (SSSR count). The summed E-state index contributed by atoms with van der Waals surface area (Å²) in [6.07, 6.45) is 2.38. The zero-order valence-corrected chi connectivity index (χ0v) is 10.2. The van der Waals surface area contributed by atoms with E-state index in [1.807, 2.05) is 0 Å². The van der Waals surface area contributed by atoms with Crippen LogP contribution in [0.3, 0.4) is 0 Å². The fourth-order valence-electron chi connectivity index (χ4n) is 2.28. The van der Waals surface area contributed by atoms with Gasteiger partial charge in [-0.1, -0.05) is 31.2 Å². The van der Waals surface area contributed by atoms with Crippen molar-refractivity contribution in [2.45, 2.75) is 38.8 Å². The summed E-state index contributed by atoms with van der Waals surface area (Å²) in [5.74, 6) is 0.156. The van der Waals surface area contributed by atoms with E-state index in [2.05, 4.69) is 31.2 Å². The van der Waals surface area contributed by atoms with Gasteiger partial charge in [0, 0.05) is 13.0 Å². The van der Waals surface area contributed by atoms with E-state index in [0.29, 0.717) is 13.0 Å². The monoisotopic (exact) mass is 233 g/mol. The Morgan fingerprint density at radius 2 is 1.94 bits per heavy atom. The zero-order valence-electron chi connectivity index (χ0n) is 10.2. The van der Waals surface area contributed by atoms with E-state index in [0.717, 1.165) is 18.4 Å². The number of aryl methyl sites for hydroxylation is 1. The van der Waals surface area contributed by atoms with Gasteiger partial charge in [-0.05, 0) is 24.0 Å². The Hall–Kier alpha value is -1.35. The van der Waals surface area contributed by atoms with E-state index in [-0.39, 0.29) is 18.6 Å². The topological polar surface area (TPSA) is 40.5 Å². The second kappa shape index (κ2) is 5.32. The standard InChI is InChI=1S/C14H19NO2/c1-2-11-3-5-12(6-4-11)9-15-13(10-16)7-8-14(15)17/h3-6,13,16H,2,7-10H2,1H3. The number of carbonyl (C=O) groups excluding carboxylic acids is 1. The molecule has 3 nitrogen and oxygen atoms in total. The maximum absolute atomic E-state index is 11.7. The number of hydrogen-bond donors (Lipinski definition) is 1. The maximum atomic E-state index is 11.7. The third kappa shape index (κ3) is 2.67. The van der Waals surface area contributed by atoms with Crippen LogP contribution in [0.15, 0.2) is 24.3 Å². The van der Waals surface area contributed by atoms with E-state index >= 15 is 0 Å². The lowest BCUT2D eigenvalue weighted by Gasteiger charge is -2.23. The van der Waals surface area contributed by atoms with E-state index in [4.69, 9.17) is 0 Å². The van der Waals surface area contributed by atoms with Crippen LogP contribution >= 0.6 is 0 Å². The summed E-state index contributed by atoms with van der Waals surface area (Å²) in [6, 6.07) is 8.35. The second-order valence-electron chi connectivity index (χ2n) is 4.57. The van der Waals surface area contributed by atoms with Crippen molar-refractivity contribution in [2.75, 3.05) is 6.61 Å². The fraction of sp³-hybridized carbons (Fsp3) is 0.500. The van der Waals surface area contributed by atoms with Crippen molar-refractivity contribution >= 4 is 5.91 Å². The van der Waals surface area contributed by atoms with Gasteiger partial charge in [-0.2, -0.15) is 0 Å². The van der Waals surface area contributed by atoms with Crippen molar-refractivity contribution in [2.24, 2.45) is 0 Å². The normalized spacial score (nSPS) is 20.0. The summed E-state index contributed by atoms with van der Waals surface area (Å²) in [5.41, 5.74) is 2.44. The Bertz CT molecular complexity index is 386. The second-order valence-corrected chi connectivity index (χ2v) is 4.57. The molecule has 1 atom stereocenters. The number of hydrogen-bond acceptors (Lipinski definition) is 2. The van der Waals surface area contributed by atoms with Crippen LogP contribution in [0.25, 0.3) is 0 Å². The van der Waals surface area contributed by atoms with Gasteiger partial charge in [-0.15, -0.1) is 0 Å². The predicted molar refractivity (Wildman–Crippen MR) is 66.5 cm³/mol. The van der Waals surface area contributed by atoms with Crippen LogP contribution in [0.4, 0.5) is 0 Å². The van der Waals surface area contributed by atoms with Crippen molar-refractivity contribution in [1.82, 2.24) is 4.90 Å². The number of aliphatic hydroxyl groups is 1. The maximum Gasteiger partial charge on any atom is 0.223 e. The summed E-state index contributed by atoms with van der Waals surface area (Å²) in [6.45, 7) is 2.81. The first-order valence-corrected chi connectivity index (χ1v) is 6.22. The lowest BCUT2D eigenvalue weighted by molar-refractivity contribution is -0.130. The molecule has 1 aliphatic rings. The summed E-state index contributed by atoms with van der Waals surface area (Å²) >= 11 is 0. The lowest BCUT2D eigenvalue weighted by atomic mass is 10.1. The molecule has 1 saturated heterocycles. The first-order valence-electron chi connectivity index (χ1n) is 6.22. The molecule has 1 fully saturated rings. The SMILES string of the molecule is CCc1ccc(CN2C(=O)CCC2CO)cc1. The largest absolute Gasteiger partial charge is 0.394 e. The summed E-state index contributed by atoms with van der Waals surface area (Å²) in [5, 5.41) is 9.22. The van der Waals surface area contributed by atoms with Crippen LogP contribution in [-0.2, 0) is 17.8 Å². The van der Waals surface area contributed by atoms with Crippen molar-refractivity contribution < 1.29 is 9.90 Å². The van der Waals surface area contributed by atoms with Gasteiger partial charge < -0.3 is 10.0 Å². The highest BCUT2D eigenvalue weighted by Crippen LogP contribution is 2.21. The minimum Gasteiger partial charge on any atom is -0.394 e. The molecule has 3 heteroatoms. The van der Waals surface area contributed by atoms with Crippen molar-refractivity contribution in [3.63, 3.8) is 0 Å². The summed E-state index contributed by atoms with van der Waals surface area (Å²) in [7, 11) is 0. The quantitative estimate of drug-likeness (QED) is 0.860. The molecule has 1 aliphatic heterocycles. The van der Waals surface area contributed by atoms with Crippen molar-refractivity contribution in [3.8, 4) is 0 Å². The minimum absolute atomic E-state index is 0.00773. The molecular formula is C14H19NO2. The molecule has 1 aromatic rings. The van der Waals surface area contributed by atoms with Gasteiger partial charge in [0.2, 0.25) is 5.91 Å². The Balaban J connectivity index is 2.06. The Morgan fingerprint density at radius 3 is 2.53 bits per heavy atom. The molecule has 0 spiro atoms. The number of likely N-dealkylation sites (tertiary alicyclic amines) is 1. The molecular weight excluding hydrogens is 214 g/mol. The molecule has 1 unspecified atom stereocenters. The van der Waals surface area contributed by atoms with Gasteiger partial charge in [-0.3, -0.25) is 4.79 Å². The molecule has 1 heterocycles. The van der Waals surface area contributed by atoms with Gasteiger partial charge in [-0.25, -0.2) is 0 Å². The molecule has 0 aromatic heterocycles. The number of nitrogens with zero attached hydrogens (tertiary/aromatic N) is 1. The number of aliphatic hydroxyl groups excluding tert-OH is 1. The third-order valence-electron chi connectivity index (χ3n) is 3.45. The number of benzene rings is 1. The Morgan fingerprint density at radius 1 is 1.29 bits per heavy atom. The van der Waals surface area contributed by atoms with Crippen molar-refractivity contribution in [1.29, 1.82) is 0 Å². The van der Waals surface area contributed by atoms with Crippen LogP contribution in [0.5, 0.6) is 0 Å². The summed E-state index contributed by atoms with van der Waals surface area (Å²) < 4.78 is 0. The average molecular weight is 233 g/mol. The molecule has 1 N–H and O–H groups in total. The van der Waals surface area contributed by atoms with Crippen LogP contribution in [-0.4, -0.2) is 28.6 Å². The summed E-state index contributed by atoms with van der Waals surface area (Å²) in [4.78, 5) is 13.5. The number of carbonyl (C=O) groups is 1. The minimum atomic E-state index is 0.00773. The highest BCUT2D eigenvalue weighted by atomic mass is 16.3. The van der Waals surface area contributed by atoms with Crippen molar-refractivity contribution in [3.05, 3.63) is 35.4 Å². The number of rotatable bonds is 4. The highest BCUT2D eigenvalue weighted by Gasteiger charge is 2.29. The third-order valence-corrected chi connectivity index (χ3v) is 3.45. The molecule has 0 radical (unpaired) electrons. The predicted octanol–water partition coefficient (Wildman–Crippen LogP) is 1.73. The van der Waals surface area contributed by atoms with E-state index in [9.17, 15) is 9.90 Å². The highest BCUT2D eigenvalue weighted by molar-refractivity contribution is 5.78. The van der Waals surface area contributed by atoms with Gasteiger partial charge in [0.05, 0.1) is 12.6 Å². The van der Waals surface area contributed by atoms with Gasteiger partial charge >= 0.3 is 0 Å². The molecule has 1 aromatic carbocycles.